The summed E-state index contributed by atoms with van der Waals surface area (Å²) in [4.78, 5) is 22.2. The van der Waals surface area contributed by atoms with Crippen LogP contribution in [0.2, 0.25) is 0 Å². The van der Waals surface area contributed by atoms with E-state index in [9.17, 15) is 13.6 Å². The Bertz CT molecular complexity index is 1250. The van der Waals surface area contributed by atoms with Crippen LogP contribution < -0.4 is 4.90 Å². The molecule has 4 aromatic rings. The van der Waals surface area contributed by atoms with Gasteiger partial charge in [-0.2, -0.15) is 0 Å². The van der Waals surface area contributed by atoms with Gasteiger partial charge in [0.05, 0.1) is 21.6 Å². The molecule has 2 aromatic heterocycles. The highest BCUT2D eigenvalue weighted by Gasteiger charge is 2.21. The van der Waals surface area contributed by atoms with Crippen LogP contribution in [-0.4, -0.2) is 15.9 Å². The van der Waals surface area contributed by atoms with E-state index < -0.39 is 17.5 Å². The molecule has 4 rings (SSSR count). The number of carbonyl (C=O) groups excluding carboxylic acids is 1. The normalized spacial score (nSPS) is 11.4. The number of hydrogen-bond donors (Lipinski definition) is 0. The molecule has 0 unspecified atom stereocenters. The predicted molar refractivity (Wildman–Crippen MR) is 115 cm³/mol. The lowest BCUT2D eigenvalue weighted by atomic mass is 10.2. The summed E-state index contributed by atoms with van der Waals surface area (Å²) in [6, 6.07) is 9.21. The molecule has 0 fully saturated rings. The molecule has 2 heterocycles. The average Bonchev–Trinajstić information content (AvgIpc) is 3.28. The van der Waals surface area contributed by atoms with E-state index in [2.05, 4.69) is 9.97 Å². The number of amides is 1. The molecule has 146 valence electrons. The van der Waals surface area contributed by atoms with Crippen LogP contribution in [-0.2, 0) is 4.79 Å². The molecule has 0 saturated carbocycles. The Balaban J connectivity index is 1.61. The number of carbonyl (C=O) groups is 1. The molecule has 2 aromatic carbocycles. The quantitative estimate of drug-likeness (QED) is 0.390. The summed E-state index contributed by atoms with van der Waals surface area (Å²) in [5.41, 5.74) is 2.68. The van der Waals surface area contributed by atoms with E-state index in [4.69, 9.17) is 0 Å². The predicted octanol–water partition coefficient (Wildman–Crippen LogP) is 6.19. The first kappa shape index (κ1) is 19.4. The van der Waals surface area contributed by atoms with Gasteiger partial charge in [0.1, 0.15) is 16.6 Å². The van der Waals surface area contributed by atoms with Gasteiger partial charge in [0.15, 0.2) is 5.13 Å². The average molecular weight is 428 g/mol. The second-order valence-electron chi connectivity index (χ2n) is 6.36. The van der Waals surface area contributed by atoms with Gasteiger partial charge in [0.25, 0.3) is 0 Å². The van der Waals surface area contributed by atoms with Gasteiger partial charge in [0.2, 0.25) is 5.91 Å². The monoisotopic (exact) mass is 427 g/mol. The molecular formula is C21H15F2N3OS2. The van der Waals surface area contributed by atoms with Crippen LogP contribution in [0.3, 0.4) is 0 Å². The van der Waals surface area contributed by atoms with Gasteiger partial charge < -0.3 is 0 Å². The topological polar surface area (TPSA) is 46.1 Å². The molecule has 0 bridgehead atoms. The Morgan fingerprint density at radius 1 is 1.10 bits per heavy atom. The summed E-state index contributed by atoms with van der Waals surface area (Å²) < 4.78 is 28.5. The standard InChI is InChI=1S/C21H15F2N3OS2/c1-12-3-7-19-17(9-12)25-20(29-19)8-5-15-11-28-21(24-15)26(13(2)27)18-6-4-14(22)10-16(18)23/h3-11H,1-2H3/b8-5+. The van der Waals surface area contributed by atoms with Crippen molar-refractivity contribution in [3.8, 4) is 0 Å². The second kappa shape index (κ2) is 7.81. The number of halogens is 2. The van der Waals surface area contributed by atoms with Crippen molar-refractivity contribution >= 4 is 61.8 Å². The number of anilines is 2. The molecule has 29 heavy (non-hydrogen) atoms. The zero-order chi connectivity index (χ0) is 20.5. The van der Waals surface area contributed by atoms with Crippen molar-refractivity contribution in [1.29, 1.82) is 0 Å². The minimum Gasteiger partial charge on any atom is -0.274 e. The molecule has 0 aliphatic heterocycles. The van der Waals surface area contributed by atoms with Crippen molar-refractivity contribution in [2.75, 3.05) is 4.90 Å². The molecular weight excluding hydrogens is 412 g/mol. The van der Waals surface area contributed by atoms with Crippen molar-refractivity contribution in [2.45, 2.75) is 13.8 Å². The lowest BCUT2D eigenvalue weighted by molar-refractivity contribution is -0.115. The molecule has 0 radical (unpaired) electrons. The van der Waals surface area contributed by atoms with E-state index in [-0.39, 0.29) is 5.69 Å². The van der Waals surface area contributed by atoms with Gasteiger partial charge in [-0.25, -0.2) is 18.7 Å². The number of nitrogens with zero attached hydrogens (tertiary/aromatic N) is 3. The molecule has 0 atom stereocenters. The number of benzene rings is 2. The van der Waals surface area contributed by atoms with Gasteiger partial charge in [0, 0.05) is 18.4 Å². The van der Waals surface area contributed by atoms with Crippen LogP contribution in [0.4, 0.5) is 19.6 Å². The second-order valence-corrected chi connectivity index (χ2v) is 8.26. The summed E-state index contributed by atoms with van der Waals surface area (Å²) in [6.07, 6.45) is 3.65. The maximum absolute atomic E-state index is 14.2. The summed E-state index contributed by atoms with van der Waals surface area (Å²) in [7, 11) is 0. The molecule has 0 aliphatic rings. The van der Waals surface area contributed by atoms with E-state index in [1.807, 2.05) is 31.2 Å². The number of aromatic nitrogens is 2. The third-order valence-corrected chi connectivity index (χ3v) is 5.97. The van der Waals surface area contributed by atoms with Crippen molar-refractivity contribution in [3.63, 3.8) is 0 Å². The Morgan fingerprint density at radius 2 is 1.93 bits per heavy atom. The minimum absolute atomic E-state index is 0.0367. The number of thiazole rings is 2. The third kappa shape index (κ3) is 4.08. The Kier molecular flexibility index (Phi) is 5.21. The highest BCUT2D eigenvalue weighted by atomic mass is 32.1. The number of hydrogen-bond acceptors (Lipinski definition) is 5. The van der Waals surface area contributed by atoms with Crippen molar-refractivity contribution in [2.24, 2.45) is 0 Å². The Morgan fingerprint density at radius 3 is 2.69 bits per heavy atom. The highest BCUT2D eigenvalue weighted by Crippen LogP contribution is 2.32. The maximum Gasteiger partial charge on any atom is 0.230 e. The highest BCUT2D eigenvalue weighted by molar-refractivity contribution is 7.19. The molecule has 8 heteroatoms. The van der Waals surface area contributed by atoms with Crippen molar-refractivity contribution < 1.29 is 13.6 Å². The first-order valence-corrected chi connectivity index (χ1v) is 10.4. The maximum atomic E-state index is 14.2. The fraction of sp³-hybridized carbons (Fsp3) is 0.0952. The fourth-order valence-corrected chi connectivity index (χ4v) is 4.51. The molecule has 4 nitrogen and oxygen atoms in total. The van der Waals surface area contributed by atoms with E-state index in [1.54, 1.807) is 22.8 Å². The smallest absolute Gasteiger partial charge is 0.230 e. The van der Waals surface area contributed by atoms with Crippen LogP contribution in [0, 0.1) is 18.6 Å². The van der Waals surface area contributed by atoms with Crippen LogP contribution in [0.5, 0.6) is 0 Å². The lowest BCUT2D eigenvalue weighted by Crippen LogP contribution is -2.23. The van der Waals surface area contributed by atoms with Gasteiger partial charge in [-0.1, -0.05) is 6.07 Å². The van der Waals surface area contributed by atoms with E-state index in [1.165, 1.54) is 24.3 Å². The van der Waals surface area contributed by atoms with Crippen LogP contribution in [0.1, 0.15) is 23.2 Å². The summed E-state index contributed by atoms with van der Waals surface area (Å²) >= 11 is 2.77. The molecule has 0 saturated heterocycles. The first-order valence-electron chi connectivity index (χ1n) is 8.67. The van der Waals surface area contributed by atoms with Crippen LogP contribution in [0.25, 0.3) is 22.4 Å². The Hall–Kier alpha value is -2.97. The van der Waals surface area contributed by atoms with E-state index >= 15 is 0 Å². The number of fused-ring (bicyclic) bond motifs is 1. The van der Waals surface area contributed by atoms with Crippen LogP contribution in [0.15, 0.2) is 41.8 Å². The van der Waals surface area contributed by atoms with Gasteiger partial charge in [-0.3, -0.25) is 9.69 Å². The van der Waals surface area contributed by atoms with Crippen molar-refractivity contribution in [1.82, 2.24) is 9.97 Å². The summed E-state index contributed by atoms with van der Waals surface area (Å²) in [5, 5.41) is 2.91. The zero-order valence-electron chi connectivity index (χ0n) is 15.5. The Labute approximate surface area is 173 Å². The molecule has 0 aliphatic carbocycles. The lowest BCUT2D eigenvalue weighted by Gasteiger charge is -2.18. The molecule has 0 spiro atoms. The summed E-state index contributed by atoms with van der Waals surface area (Å²) in [6.45, 7) is 3.33. The fourth-order valence-electron chi connectivity index (χ4n) is 2.81. The number of rotatable bonds is 4. The zero-order valence-corrected chi connectivity index (χ0v) is 17.2. The first-order chi connectivity index (χ1) is 13.9. The summed E-state index contributed by atoms with van der Waals surface area (Å²) in [5.74, 6) is -1.94. The van der Waals surface area contributed by atoms with Gasteiger partial charge in [-0.05, 0) is 48.9 Å². The minimum atomic E-state index is -0.822. The molecule has 1 amide bonds. The van der Waals surface area contributed by atoms with Gasteiger partial charge in [-0.15, -0.1) is 22.7 Å². The molecule has 0 N–H and O–H groups in total. The third-order valence-electron chi connectivity index (χ3n) is 4.12. The van der Waals surface area contributed by atoms with Gasteiger partial charge >= 0.3 is 0 Å². The SMILES string of the molecule is CC(=O)N(c1nc(/C=C/c2nc3cc(C)ccc3s2)cs1)c1ccc(F)cc1F. The van der Waals surface area contributed by atoms with E-state index in [0.29, 0.717) is 10.8 Å². The number of aryl methyl sites for hydroxylation is 1. The largest absolute Gasteiger partial charge is 0.274 e. The van der Waals surface area contributed by atoms with Crippen LogP contribution >= 0.6 is 22.7 Å². The van der Waals surface area contributed by atoms with E-state index in [0.717, 1.165) is 37.8 Å². The van der Waals surface area contributed by atoms with Crippen molar-refractivity contribution in [3.05, 3.63) is 69.7 Å².